The van der Waals surface area contributed by atoms with E-state index in [0.717, 1.165) is 5.56 Å². The molecule has 1 nitrogen and oxygen atoms in total. The number of alkyl halides is 2. The van der Waals surface area contributed by atoms with E-state index in [4.69, 9.17) is 16.3 Å². The van der Waals surface area contributed by atoms with Gasteiger partial charge in [0.25, 0.3) is 0 Å². The summed E-state index contributed by atoms with van der Waals surface area (Å²) in [6.45, 7) is 1.58. The highest BCUT2D eigenvalue weighted by molar-refractivity contribution is 9.09. The molecule has 0 amide bonds. The maximum absolute atomic E-state index is 15.2. The molecule has 0 saturated heterocycles. The molecule has 2 atom stereocenters. The van der Waals surface area contributed by atoms with Crippen molar-refractivity contribution in [2.75, 3.05) is 12.4 Å². The third kappa shape index (κ3) is 2.72. The van der Waals surface area contributed by atoms with E-state index >= 15 is 4.39 Å². The van der Waals surface area contributed by atoms with Crippen molar-refractivity contribution in [1.29, 1.82) is 0 Å². The Balaban J connectivity index is 2.53. The van der Waals surface area contributed by atoms with E-state index in [1.807, 2.05) is 18.2 Å². The standard InChI is InChI=1S/C15H15BrClFO/c1-15(18)11(9-16)6-7-13(19-2)14(15)10-4-3-5-12(17)8-10/h3-8,14H,9H2,1-2H3. The average Bonchev–Trinajstić information content (AvgIpc) is 2.37. The number of ether oxygens (including phenoxy) is 1. The van der Waals surface area contributed by atoms with Gasteiger partial charge in [-0.25, -0.2) is 4.39 Å². The van der Waals surface area contributed by atoms with Crippen molar-refractivity contribution < 1.29 is 9.13 Å². The lowest BCUT2D eigenvalue weighted by Gasteiger charge is -2.36. The summed E-state index contributed by atoms with van der Waals surface area (Å²) in [6, 6.07) is 7.26. The molecule has 19 heavy (non-hydrogen) atoms. The fourth-order valence-electron chi connectivity index (χ4n) is 2.42. The molecule has 1 aliphatic carbocycles. The zero-order valence-electron chi connectivity index (χ0n) is 10.8. The molecule has 0 fully saturated rings. The highest BCUT2D eigenvalue weighted by atomic mass is 79.9. The van der Waals surface area contributed by atoms with Crippen molar-refractivity contribution in [3.63, 3.8) is 0 Å². The van der Waals surface area contributed by atoms with Gasteiger partial charge < -0.3 is 4.74 Å². The van der Waals surface area contributed by atoms with Crippen molar-refractivity contribution in [3.8, 4) is 0 Å². The van der Waals surface area contributed by atoms with Crippen molar-refractivity contribution in [2.24, 2.45) is 0 Å². The molecule has 102 valence electrons. The number of halogens is 3. The van der Waals surface area contributed by atoms with E-state index in [-0.39, 0.29) is 0 Å². The molecular formula is C15H15BrClFO. The quantitative estimate of drug-likeness (QED) is 0.699. The predicted molar refractivity (Wildman–Crippen MR) is 80.7 cm³/mol. The van der Waals surface area contributed by atoms with E-state index < -0.39 is 11.6 Å². The first-order valence-corrected chi connectivity index (χ1v) is 7.46. The van der Waals surface area contributed by atoms with Crippen LogP contribution in [0.5, 0.6) is 0 Å². The Morgan fingerprint density at radius 1 is 1.42 bits per heavy atom. The first-order valence-electron chi connectivity index (χ1n) is 5.96. The molecule has 0 N–H and O–H groups in total. The molecule has 0 heterocycles. The van der Waals surface area contributed by atoms with Crippen LogP contribution in [0, 0.1) is 0 Å². The van der Waals surface area contributed by atoms with Crippen molar-refractivity contribution in [1.82, 2.24) is 0 Å². The second kappa shape index (κ2) is 5.68. The summed E-state index contributed by atoms with van der Waals surface area (Å²) in [5, 5.41) is 1.09. The SMILES string of the molecule is COC1=CC=C(CBr)C(C)(F)C1c1cccc(Cl)c1. The molecule has 1 aliphatic rings. The van der Waals surface area contributed by atoms with Crippen LogP contribution in [0.25, 0.3) is 0 Å². The summed E-state index contributed by atoms with van der Waals surface area (Å²) >= 11 is 9.35. The highest BCUT2D eigenvalue weighted by Gasteiger charge is 2.43. The molecular weight excluding hydrogens is 331 g/mol. The van der Waals surface area contributed by atoms with E-state index in [9.17, 15) is 0 Å². The minimum Gasteiger partial charge on any atom is -0.500 e. The van der Waals surface area contributed by atoms with Gasteiger partial charge in [0.15, 0.2) is 0 Å². The van der Waals surface area contributed by atoms with Gasteiger partial charge in [0.05, 0.1) is 13.0 Å². The monoisotopic (exact) mass is 344 g/mol. The topological polar surface area (TPSA) is 9.23 Å². The molecule has 0 saturated carbocycles. The molecule has 0 bridgehead atoms. The van der Waals surface area contributed by atoms with Gasteiger partial charge in [-0.05, 0) is 36.3 Å². The van der Waals surface area contributed by atoms with Crippen LogP contribution in [-0.4, -0.2) is 18.1 Å². The molecule has 2 rings (SSSR count). The minimum atomic E-state index is -1.51. The van der Waals surface area contributed by atoms with Gasteiger partial charge in [-0.15, -0.1) is 0 Å². The van der Waals surface area contributed by atoms with Crippen LogP contribution >= 0.6 is 27.5 Å². The van der Waals surface area contributed by atoms with Crippen LogP contribution < -0.4 is 0 Å². The lowest BCUT2D eigenvalue weighted by molar-refractivity contribution is 0.152. The third-order valence-electron chi connectivity index (χ3n) is 3.46. The van der Waals surface area contributed by atoms with E-state index in [1.54, 1.807) is 32.2 Å². The summed E-state index contributed by atoms with van der Waals surface area (Å²) < 4.78 is 20.5. The van der Waals surface area contributed by atoms with Crippen LogP contribution in [-0.2, 0) is 4.74 Å². The number of methoxy groups -OCH3 is 1. The summed E-state index contributed by atoms with van der Waals surface area (Å²) in [4.78, 5) is 0. The summed E-state index contributed by atoms with van der Waals surface area (Å²) in [5.74, 6) is 0.130. The second-order valence-electron chi connectivity index (χ2n) is 4.66. The number of benzene rings is 1. The van der Waals surface area contributed by atoms with Crippen molar-refractivity contribution in [2.45, 2.75) is 18.5 Å². The number of hydrogen-bond donors (Lipinski definition) is 0. The van der Waals surface area contributed by atoms with E-state index in [1.165, 1.54) is 0 Å². The number of rotatable bonds is 3. The number of hydrogen-bond acceptors (Lipinski definition) is 1. The van der Waals surface area contributed by atoms with Gasteiger partial charge in [0.2, 0.25) is 0 Å². The van der Waals surface area contributed by atoms with Crippen LogP contribution in [0.1, 0.15) is 18.4 Å². The fraction of sp³-hybridized carbons (Fsp3) is 0.333. The van der Waals surface area contributed by atoms with Gasteiger partial charge >= 0.3 is 0 Å². The van der Waals surface area contributed by atoms with Gasteiger partial charge in [0, 0.05) is 10.4 Å². The van der Waals surface area contributed by atoms with Crippen molar-refractivity contribution >= 4 is 27.5 Å². The van der Waals surface area contributed by atoms with E-state index in [2.05, 4.69) is 15.9 Å². The van der Waals surface area contributed by atoms with Gasteiger partial charge in [-0.1, -0.05) is 45.7 Å². The Labute approximate surface area is 126 Å². The second-order valence-corrected chi connectivity index (χ2v) is 5.66. The molecule has 0 aliphatic heterocycles. The average molecular weight is 346 g/mol. The largest absolute Gasteiger partial charge is 0.500 e. The van der Waals surface area contributed by atoms with Crippen LogP contribution in [0.15, 0.2) is 47.7 Å². The molecule has 0 aromatic heterocycles. The highest BCUT2D eigenvalue weighted by Crippen LogP contribution is 2.46. The molecule has 1 aromatic rings. The summed E-state index contributed by atoms with van der Waals surface area (Å²) in [7, 11) is 1.56. The normalized spacial score (nSPS) is 26.7. The predicted octanol–water partition coefficient (Wildman–Crippen LogP) is 5.02. The van der Waals surface area contributed by atoms with Crippen molar-refractivity contribution in [3.05, 3.63) is 58.3 Å². The molecule has 2 unspecified atom stereocenters. The van der Waals surface area contributed by atoms with Crippen LogP contribution in [0.2, 0.25) is 5.02 Å². The maximum atomic E-state index is 15.2. The van der Waals surface area contributed by atoms with Crippen LogP contribution in [0.4, 0.5) is 4.39 Å². The first kappa shape index (κ1) is 14.6. The third-order valence-corrected chi connectivity index (χ3v) is 4.30. The van der Waals surface area contributed by atoms with E-state index in [0.29, 0.717) is 21.7 Å². The molecule has 1 aromatic carbocycles. The van der Waals surface area contributed by atoms with Crippen LogP contribution in [0.3, 0.4) is 0 Å². The molecule has 0 spiro atoms. The Kier molecular flexibility index (Phi) is 4.36. The zero-order valence-corrected chi connectivity index (χ0v) is 13.1. The Morgan fingerprint density at radius 3 is 2.74 bits per heavy atom. The zero-order chi connectivity index (χ0) is 14.0. The molecule has 4 heteroatoms. The summed E-state index contributed by atoms with van der Waals surface area (Å²) in [5.41, 5.74) is 0.00397. The van der Waals surface area contributed by atoms with Gasteiger partial charge in [-0.3, -0.25) is 0 Å². The lowest BCUT2D eigenvalue weighted by atomic mass is 9.76. The number of allylic oxidation sites excluding steroid dienone is 4. The summed E-state index contributed by atoms with van der Waals surface area (Å²) in [6.07, 6.45) is 3.60. The van der Waals surface area contributed by atoms with Gasteiger partial charge in [0.1, 0.15) is 11.4 Å². The smallest absolute Gasteiger partial charge is 0.144 e. The maximum Gasteiger partial charge on any atom is 0.144 e. The minimum absolute atomic E-state index is 0.478. The molecule has 0 radical (unpaired) electrons. The Bertz CT molecular complexity index is 537. The Hall–Kier alpha value is -0.800. The lowest BCUT2D eigenvalue weighted by Crippen LogP contribution is -2.34. The van der Waals surface area contributed by atoms with Gasteiger partial charge in [-0.2, -0.15) is 0 Å². The Morgan fingerprint density at radius 2 is 2.16 bits per heavy atom. The first-order chi connectivity index (χ1) is 9.00. The fourth-order valence-corrected chi connectivity index (χ4v) is 3.35.